The number of hydrogen-bond acceptors (Lipinski definition) is 6. The van der Waals surface area contributed by atoms with Crippen LogP contribution in [0.25, 0.3) is 0 Å². The van der Waals surface area contributed by atoms with Crippen LogP contribution in [0.5, 0.6) is 0 Å². The summed E-state index contributed by atoms with van der Waals surface area (Å²) in [5, 5.41) is 11.0. The lowest BCUT2D eigenvalue weighted by molar-refractivity contribution is -0.385. The zero-order valence-electron chi connectivity index (χ0n) is 13.1. The highest BCUT2D eigenvalue weighted by molar-refractivity contribution is 7.92. The highest BCUT2D eigenvalue weighted by atomic mass is 32.2. The monoisotopic (exact) mass is 355 g/mol. The predicted octanol–water partition coefficient (Wildman–Crippen LogP) is 1.76. The van der Waals surface area contributed by atoms with Gasteiger partial charge in [0.25, 0.3) is 5.69 Å². The van der Waals surface area contributed by atoms with Crippen LogP contribution < -0.4 is 5.73 Å². The van der Waals surface area contributed by atoms with Gasteiger partial charge in [0, 0.05) is 24.2 Å². The molecule has 130 valence electrons. The van der Waals surface area contributed by atoms with Crippen LogP contribution in [0.15, 0.2) is 27.6 Å². The fourth-order valence-electron chi connectivity index (χ4n) is 3.06. The van der Waals surface area contributed by atoms with E-state index in [0.717, 1.165) is 31.0 Å². The third-order valence-corrected chi connectivity index (χ3v) is 6.82. The Morgan fingerprint density at radius 1 is 1.46 bits per heavy atom. The molecule has 2 heterocycles. The number of nitrogens with zero attached hydrogens (tertiary/aromatic N) is 4. The maximum atomic E-state index is 14.3. The second kappa shape index (κ2) is 5.69. The standard InChI is InChI=1S/C14H18FN5O3S/c1-14(11-8-10(20(21)22)4-5-12(11)15)9-24(23)17-6-2-3-7-19(24)13(16)18-14/h4-5,8H,2-3,6-7,9H2,1H3,(H2,16,18)/t14-,24-/m0/s1. The van der Waals surface area contributed by atoms with Crippen LogP contribution in [0.4, 0.5) is 10.1 Å². The number of fused-ring (bicyclic) bond motifs is 1. The van der Waals surface area contributed by atoms with E-state index in [1.54, 1.807) is 6.92 Å². The summed E-state index contributed by atoms with van der Waals surface area (Å²) in [5.74, 6) is -0.672. The van der Waals surface area contributed by atoms with Gasteiger partial charge < -0.3 is 5.73 Å². The van der Waals surface area contributed by atoms with Gasteiger partial charge in [-0.15, -0.1) is 0 Å². The zero-order valence-corrected chi connectivity index (χ0v) is 14.0. The Hall–Kier alpha value is -2.23. The van der Waals surface area contributed by atoms with Gasteiger partial charge >= 0.3 is 0 Å². The van der Waals surface area contributed by atoms with Crippen molar-refractivity contribution in [3.8, 4) is 0 Å². The van der Waals surface area contributed by atoms with Gasteiger partial charge in [-0.3, -0.25) is 14.4 Å². The van der Waals surface area contributed by atoms with Crippen LogP contribution in [0.2, 0.25) is 0 Å². The fraction of sp³-hybridized carbons (Fsp3) is 0.500. The lowest BCUT2D eigenvalue weighted by Gasteiger charge is -2.38. The molecule has 1 aromatic carbocycles. The zero-order chi connectivity index (χ0) is 17.5. The molecule has 0 fully saturated rings. The molecule has 8 nitrogen and oxygen atoms in total. The van der Waals surface area contributed by atoms with E-state index in [2.05, 4.69) is 9.36 Å². The van der Waals surface area contributed by atoms with Crippen molar-refractivity contribution < 1.29 is 13.5 Å². The molecule has 2 aliphatic heterocycles. The third-order valence-electron chi connectivity index (χ3n) is 4.23. The summed E-state index contributed by atoms with van der Waals surface area (Å²) in [6.45, 7) is 2.49. The minimum absolute atomic E-state index is 0.00136. The number of non-ortho nitro benzene ring substituents is 1. The van der Waals surface area contributed by atoms with Crippen molar-refractivity contribution in [3.05, 3.63) is 39.7 Å². The Morgan fingerprint density at radius 2 is 2.21 bits per heavy atom. The first-order valence-electron chi connectivity index (χ1n) is 7.53. The van der Waals surface area contributed by atoms with Gasteiger partial charge in [-0.1, -0.05) is 0 Å². The fourth-order valence-corrected chi connectivity index (χ4v) is 5.56. The largest absolute Gasteiger partial charge is 0.369 e. The van der Waals surface area contributed by atoms with Crippen molar-refractivity contribution in [2.45, 2.75) is 25.3 Å². The first-order chi connectivity index (χ1) is 11.3. The summed E-state index contributed by atoms with van der Waals surface area (Å²) < 4.78 is 33.4. The number of nitro groups is 1. The summed E-state index contributed by atoms with van der Waals surface area (Å²) in [6.07, 6.45) is 1.58. The lowest BCUT2D eigenvalue weighted by atomic mass is 9.93. The molecular weight excluding hydrogens is 337 g/mol. The van der Waals surface area contributed by atoms with E-state index in [0.29, 0.717) is 13.1 Å². The van der Waals surface area contributed by atoms with Crippen molar-refractivity contribution in [2.75, 3.05) is 18.8 Å². The second-order valence-electron chi connectivity index (χ2n) is 6.08. The van der Waals surface area contributed by atoms with E-state index in [1.807, 2.05) is 0 Å². The van der Waals surface area contributed by atoms with Crippen molar-refractivity contribution in [3.63, 3.8) is 0 Å². The average Bonchev–Trinajstić information content (AvgIpc) is 2.68. The van der Waals surface area contributed by atoms with Crippen LogP contribution in [0.1, 0.15) is 25.3 Å². The summed E-state index contributed by atoms with van der Waals surface area (Å²) in [6, 6.07) is 3.23. The van der Waals surface area contributed by atoms with Gasteiger partial charge in [0.05, 0.1) is 17.2 Å². The SMILES string of the molecule is C[C@@]1(c2cc([N+](=O)[O-])ccc2F)C[S@]2(=O)=NCCCCN2C(N)=N1. The quantitative estimate of drug-likeness (QED) is 0.643. The molecule has 0 aromatic heterocycles. The van der Waals surface area contributed by atoms with Gasteiger partial charge in [0.2, 0.25) is 5.96 Å². The van der Waals surface area contributed by atoms with E-state index in [-0.39, 0.29) is 23.0 Å². The maximum Gasteiger partial charge on any atom is 0.270 e. The second-order valence-corrected chi connectivity index (χ2v) is 8.28. The molecule has 0 radical (unpaired) electrons. The van der Waals surface area contributed by atoms with Crippen LogP contribution in [0.3, 0.4) is 0 Å². The molecule has 2 N–H and O–H groups in total. The molecule has 0 aliphatic carbocycles. The van der Waals surface area contributed by atoms with Crippen molar-refractivity contribution >= 4 is 21.6 Å². The van der Waals surface area contributed by atoms with E-state index in [4.69, 9.17) is 5.73 Å². The summed E-state index contributed by atoms with van der Waals surface area (Å²) in [5.41, 5.74) is 4.46. The normalized spacial score (nSPS) is 29.9. The molecule has 1 aromatic rings. The number of nitrogens with two attached hydrogens (primary N) is 1. The van der Waals surface area contributed by atoms with E-state index in [1.165, 1.54) is 4.31 Å². The van der Waals surface area contributed by atoms with Gasteiger partial charge in [-0.2, -0.15) is 0 Å². The van der Waals surface area contributed by atoms with E-state index in [9.17, 15) is 18.7 Å². The Morgan fingerprint density at radius 3 is 2.92 bits per heavy atom. The Bertz CT molecular complexity index is 849. The highest BCUT2D eigenvalue weighted by Gasteiger charge is 2.42. The average molecular weight is 355 g/mol. The molecule has 0 bridgehead atoms. The number of aliphatic imine (C=N–C) groups is 1. The van der Waals surface area contributed by atoms with Gasteiger partial charge in [-0.25, -0.2) is 18.0 Å². The third kappa shape index (κ3) is 2.70. The van der Waals surface area contributed by atoms with Crippen molar-refractivity contribution in [2.24, 2.45) is 15.1 Å². The minimum Gasteiger partial charge on any atom is -0.369 e. The van der Waals surface area contributed by atoms with Crippen LogP contribution in [-0.4, -0.2) is 38.2 Å². The molecule has 0 saturated heterocycles. The van der Waals surface area contributed by atoms with Crippen LogP contribution in [0, 0.1) is 15.9 Å². The maximum absolute atomic E-state index is 14.3. The Kier molecular flexibility index (Phi) is 3.94. The molecular formula is C14H18FN5O3S. The summed E-state index contributed by atoms with van der Waals surface area (Å²) >= 11 is 0. The number of nitro benzene ring substituents is 1. The van der Waals surface area contributed by atoms with Crippen LogP contribution in [-0.2, 0) is 15.5 Å². The molecule has 0 saturated carbocycles. The number of guanidine groups is 1. The number of halogens is 1. The first kappa shape index (κ1) is 16.6. The Balaban J connectivity index is 2.16. The predicted molar refractivity (Wildman–Crippen MR) is 88.3 cm³/mol. The smallest absolute Gasteiger partial charge is 0.270 e. The molecule has 2 atom stereocenters. The molecule has 0 unspecified atom stereocenters. The van der Waals surface area contributed by atoms with Gasteiger partial charge in [-0.05, 0) is 25.8 Å². The lowest BCUT2D eigenvalue weighted by Crippen LogP contribution is -2.52. The number of benzene rings is 1. The van der Waals surface area contributed by atoms with Crippen molar-refractivity contribution in [1.82, 2.24) is 4.31 Å². The molecule has 0 amide bonds. The molecule has 3 rings (SSSR count). The molecule has 24 heavy (non-hydrogen) atoms. The molecule has 10 heteroatoms. The van der Waals surface area contributed by atoms with E-state index >= 15 is 0 Å². The molecule has 0 spiro atoms. The van der Waals surface area contributed by atoms with E-state index < -0.39 is 26.2 Å². The van der Waals surface area contributed by atoms with Gasteiger partial charge in [0.15, 0.2) is 0 Å². The highest BCUT2D eigenvalue weighted by Crippen LogP contribution is 2.36. The number of rotatable bonds is 2. The molecule has 2 aliphatic rings. The first-order valence-corrected chi connectivity index (χ1v) is 9.17. The number of hydrogen-bond donors (Lipinski definition) is 1. The van der Waals surface area contributed by atoms with Crippen molar-refractivity contribution in [1.29, 1.82) is 0 Å². The topological polar surface area (TPSA) is 114 Å². The summed E-state index contributed by atoms with van der Waals surface area (Å²) in [4.78, 5) is 14.7. The summed E-state index contributed by atoms with van der Waals surface area (Å²) in [7, 11) is -2.86. The van der Waals surface area contributed by atoms with Crippen LogP contribution >= 0.6 is 0 Å². The van der Waals surface area contributed by atoms with Gasteiger partial charge in [0.1, 0.15) is 21.3 Å². The Labute approximate surface area is 139 Å². The minimum atomic E-state index is -2.86.